The summed E-state index contributed by atoms with van der Waals surface area (Å²) in [4.78, 5) is 4.43. The molecule has 0 saturated heterocycles. The van der Waals surface area contributed by atoms with Crippen LogP contribution in [0.25, 0.3) is 0 Å². The fraction of sp³-hybridized carbons (Fsp3) is 0.176. The van der Waals surface area contributed by atoms with Gasteiger partial charge in [-0.1, -0.05) is 30.0 Å². The maximum atomic E-state index is 8.76. The number of benzene rings is 2. The lowest BCUT2D eigenvalue weighted by atomic mass is 10.1. The summed E-state index contributed by atoms with van der Waals surface area (Å²) in [6.45, 7) is 4.10. The second-order valence-corrected chi connectivity index (χ2v) is 5.89. The highest BCUT2D eigenvalue weighted by Gasteiger charge is 2.00. The van der Waals surface area contributed by atoms with Crippen molar-refractivity contribution in [2.45, 2.75) is 19.6 Å². The molecule has 3 nitrogen and oxygen atoms in total. The Bertz CT molecular complexity index is 677. The minimum absolute atomic E-state index is 0.546. The average molecular weight is 295 g/mol. The molecule has 0 fully saturated rings. The number of aliphatic imine (C=N–C) groups is 1. The summed E-state index contributed by atoms with van der Waals surface area (Å²) >= 11 is 1.49. The summed E-state index contributed by atoms with van der Waals surface area (Å²) in [7, 11) is 0. The zero-order valence-corrected chi connectivity index (χ0v) is 12.9. The number of hydrogen-bond donors (Lipinski definition) is 1. The first-order valence-electron chi connectivity index (χ1n) is 6.61. The van der Waals surface area contributed by atoms with E-state index in [1.165, 1.54) is 22.9 Å². The summed E-state index contributed by atoms with van der Waals surface area (Å²) < 4.78 is 0. The van der Waals surface area contributed by atoms with E-state index in [1.807, 2.05) is 50.2 Å². The first kappa shape index (κ1) is 15.1. The van der Waals surface area contributed by atoms with Gasteiger partial charge in [-0.25, -0.2) is 4.99 Å². The second kappa shape index (κ2) is 6.96. The van der Waals surface area contributed by atoms with E-state index in [0.717, 1.165) is 17.0 Å². The maximum Gasteiger partial charge on any atom is 0.159 e. The van der Waals surface area contributed by atoms with E-state index in [9.17, 15) is 0 Å². The topological polar surface area (TPSA) is 62.2 Å². The molecule has 0 heterocycles. The van der Waals surface area contributed by atoms with E-state index in [-0.39, 0.29) is 0 Å². The third kappa shape index (κ3) is 4.66. The monoisotopic (exact) mass is 295 g/mol. The predicted molar refractivity (Wildman–Crippen MR) is 89.7 cm³/mol. The number of nitriles is 1. The van der Waals surface area contributed by atoms with E-state index in [1.54, 1.807) is 0 Å². The number of thioether (sulfide) groups is 1. The molecule has 0 saturated carbocycles. The molecule has 0 atom stereocenters. The molecule has 2 N–H and O–H groups in total. The number of amidine groups is 1. The van der Waals surface area contributed by atoms with Crippen molar-refractivity contribution in [1.29, 1.82) is 5.26 Å². The van der Waals surface area contributed by atoms with Crippen molar-refractivity contribution >= 4 is 22.6 Å². The Morgan fingerprint density at radius 2 is 1.76 bits per heavy atom. The molecule has 0 bridgehead atoms. The fourth-order valence-corrected chi connectivity index (χ4v) is 2.68. The second-order valence-electron chi connectivity index (χ2n) is 4.89. The van der Waals surface area contributed by atoms with Crippen LogP contribution in [0, 0.1) is 25.2 Å². The van der Waals surface area contributed by atoms with Gasteiger partial charge in [-0.2, -0.15) is 5.26 Å². The van der Waals surface area contributed by atoms with Gasteiger partial charge in [-0.05, 0) is 54.8 Å². The van der Waals surface area contributed by atoms with Crippen LogP contribution in [-0.4, -0.2) is 5.17 Å². The number of nitrogens with zero attached hydrogens (tertiary/aromatic N) is 2. The molecule has 0 aliphatic carbocycles. The number of hydrogen-bond acceptors (Lipinski definition) is 3. The normalized spacial score (nSPS) is 11.2. The van der Waals surface area contributed by atoms with Crippen molar-refractivity contribution in [2.75, 3.05) is 0 Å². The number of rotatable bonds is 3. The van der Waals surface area contributed by atoms with Crippen LogP contribution in [0.2, 0.25) is 0 Å². The van der Waals surface area contributed by atoms with Crippen LogP contribution < -0.4 is 5.73 Å². The largest absolute Gasteiger partial charge is 0.378 e. The third-order valence-corrected chi connectivity index (χ3v) is 3.78. The molecule has 0 amide bonds. The Hall–Kier alpha value is -2.25. The standard InChI is InChI=1S/C17H17N3S/c1-12-7-13(2)9-16(8-12)20-17(19)21-11-15-5-3-14(10-18)4-6-15/h3-9H,11H2,1-2H3,(H2,19,20). The van der Waals surface area contributed by atoms with Crippen LogP contribution in [-0.2, 0) is 5.75 Å². The van der Waals surface area contributed by atoms with E-state index in [0.29, 0.717) is 10.7 Å². The van der Waals surface area contributed by atoms with Gasteiger partial charge < -0.3 is 5.73 Å². The summed E-state index contributed by atoms with van der Waals surface area (Å²) in [6.07, 6.45) is 0. The number of aryl methyl sites for hydroxylation is 2. The minimum atomic E-state index is 0.546. The molecule has 2 aromatic carbocycles. The smallest absolute Gasteiger partial charge is 0.159 e. The van der Waals surface area contributed by atoms with Gasteiger partial charge in [0, 0.05) is 5.75 Å². The first-order valence-corrected chi connectivity index (χ1v) is 7.59. The summed E-state index contributed by atoms with van der Waals surface area (Å²) in [5, 5.41) is 9.31. The molecule has 0 aliphatic heterocycles. The average Bonchev–Trinajstić information content (AvgIpc) is 2.44. The Morgan fingerprint density at radius 1 is 1.14 bits per heavy atom. The van der Waals surface area contributed by atoms with Crippen LogP contribution >= 0.6 is 11.8 Å². The first-order chi connectivity index (χ1) is 10.1. The van der Waals surface area contributed by atoms with Crippen molar-refractivity contribution in [3.63, 3.8) is 0 Å². The van der Waals surface area contributed by atoms with Crippen molar-refractivity contribution in [2.24, 2.45) is 10.7 Å². The molecule has 21 heavy (non-hydrogen) atoms. The predicted octanol–water partition coefficient (Wildman–Crippen LogP) is 4.05. The van der Waals surface area contributed by atoms with Gasteiger partial charge in [-0.15, -0.1) is 0 Å². The van der Waals surface area contributed by atoms with Gasteiger partial charge in [-0.3, -0.25) is 0 Å². The van der Waals surface area contributed by atoms with E-state index in [4.69, 9.17) is 11.0 Å². The third-order valence-electron chi connectivity index (χ3n) is 2.92. The molecule has 2 aromatic rings. The summed E-state index contributed by atoms with van der Waals surface area (Å²) in [5.74, 6) is 0.742. The van der Waals surface area contributed by atoms with E-state index in [2.05, 4.69) is 17.1 Å². The quantitative estimate of drug-likeness (QED) is 0.686. The zero-order valence-electron chi connectivity index (χ0n) is 12.1. The van der Waals surface area contributed by atoms with E-state index < -0.39 is 0 Å². The highest BCUT2D eigenvalue weighted by atomic mass is 32.2. The molecule has 2 rings (SSSR count). The lowest BCUT2D eigenvalue weighted by Gasteiger charge is -2.03. The molecular formula is C17H17N3S. The van der Waals surface area contributed by atoms with Crippen molar-refractivity contribution < 1.29 is 0 Å². The van der Waals surface area contributed by atoms with Gasteiger partial charge in [0.05, 0.1) is 17.3 Å². The highest BCUT2D eigenvalue weighted by Crippen LogP contribution is 2.20. The summed E-state index contributed by atoms with van der Waals surface area (Å²) in [5.41, 5.74) is 11.0. The Kier molecular flexibility index (Phi) is 5.02. The van der Waals surface area contributed by atoms with Gasteiger partial charge >= 0.3 is 0 Å². The lowest BCUT2D eigenvalue weighted by molar-refractivity contribution is 1.35. The molecule has 0 spiro atoms. The Labute approximate surface area is 129 Å². The van der Waals surface area contributed by atoms with E-state index >= 15 is 0 Å². The molecule has 4 heteroatoms. The maximum absolute atomic E-state index is 8.76. The van der Waals surface area contributed by atoms with Crippen molar-refractivity contribution in [3.8, 4) is 6.07 Å². The van der Waals surface area contributed by atoms with Gasteiger partial charge in [0.1, 0.15) is 0 Å². The van der Waals surface area contributed by atoms with Gasteiger partial charge in [0.15, 0.2) is 5.17 Å². The zero-order chi connectivity index (χ0) is 15.2. The van der Waals surface area contributed by atoms with Crippen LogP contribution in [0.1, 0.15) is 22.3 Å². The lowest BCUT2D eigenvalue weighted by Crippen LogP contribution is -2.06. The van der Waals surface area contributed by atoms with Crippen LogP contribution in [0.4, 0.5) is 5.69 Å². The van der Waals surface area contributed by atoms with Crippen molar-refractivity contribution in [3.05, 3.63) is 64.7 Å². The Morgan fingerprint density at radius 3 is 2.33 bits per heavy atom. The van der Waals surface area contributed by atoms with Crippen LogP contribution in [0.15, 0.2) is 47.5 Å². The minimum Gasteiger partial charge on any atom is -0.378 e. The molecule has 0 aliphatic rings. The van der Waals surface area contributed by atoms with Crippen LogP contribution in [0.3, 0.4) is 0 Å². The summed E-state index contributed by atoms with van der Waals surface area (Å²) in [6, 6.07) is 15.8. The fourth-order valence-electron chi connectivity index (χ4n) is 2.01. The van der Waals surface area contributed by atoms with Gasteiger partial charge in [0.2, 0.25) is 0 Å². The highest BCUT2D eigenvalue weighted by molar-refractivity contribution is 8.13. The molecule has 0 unspecified atom stereocenters. The molecule has 106 valence electrons. The molecule has 0 aromatic heterocycles. The van der Waals surface area contributed by atoms with Crippen molar-refractivity contribution in [1.82, 2.24) is 0 Å². The SMILES string of the molecule is Cc1cc(C)cc(N=C(N)SCc2ccc(C#N)cc2)c1. The molecular weight excluding hydrogens is 278 g/mol. The number of nitrogens with two attached hydrogens (primary N) is 1. The van der Waals surface area contributed by atoms with Gasteiger partial charge in [0.25, 0.3) is 0 Å². The van der Waals surface area contributed by atoms with Crippen LogP contribution in [0.5, 0.6) is 0 Å². The Balaban J connectivity index is 2.01. The molecule has 0 radical (unpaired) electrons.